The number of amides is 1. The number of hydrogen-bond donors (Lipinski definition) is 5. The number of aromatic carboxylic acids is 2. The van der Waals surface area contributed by atoms with Crippen LogP contribution < -0.4 is 10.6 Å². The van der Waals surface area contributed by atoms with Crippen molar-refractivity contribution in [1.29, 1.82) is 0 Å². The lowest BCUT2D eigenvalue weighted by Crippen LogP contribution is -2.21. The van der Waals surface area contributed by atoms with Crippen molar-refractivity contribution in [1.82, 2.24) is 0 Å². The lowest BCUT2D eigenvalue weighted by Gasteiger charge is -2.19. The number of carboxylic acids is 2. The monoisotopic (exact) mass is 434 g/mol. The molecule has 8 nitrogen and oxygen atoms in total. The first-order valence-corrected chi connectivity index (χ1v) is 9.69. The molecule has 3 aromatic rings. The Balaban J connectivity index is 2.02. The van der Waals surface area contributed by atoms with Gasteiger partial charge < -0.3 is 26.0 Å². The summed E-state index contributed by atoms with van der Waals surface area (Å²) < 4.78 is 0. The molecule has 0 saturated carbocycles. The van der Waals surface area contributed by atoms with E-state index in [0.29, 0.717) is 11.4 Å². The Morgan fingerprint density at radius 1 is 0.719 bits per heavy atom. The van der Waals surface area contributed by atoms with E-state index in [1.54, 1.807) is 48.5 Å². The van der Waals surface area contributed by atoms with Crippen LogP contribution in [0, 0.1) is 13.8 Å². The van der Waals surface area contributed by atoms with Crippen LogP contribution in [0.5, 0.6) is 0 Å². The van der Waals surface area contributed by atoms with Gasteiger partial charge in [-0.3, -0.25) is 4.79 Å². The van der Waals surface area contributed by atoms with Gasteiger partial charge in [-0.15, -0.1) is 0 Å². The lowest BCUT2D eigenvalue weighted by atomic mass is 9.96. The number of aryl methyl sites for hydroxylation is 2. The third-order valence-electron chi connectivity index (χ3n) is 4.85. The summed E-state index contributed by atoms with van der Waals surface area (Å²) in [4.78, 5) is 36.4. The molecule has 0 spiro atoms. The van der Waals surface area contributed by atoms with Crippen molar-refractivity contribution in [3.05, 3.63) is 94.0 Å². The molecule has 8 heteroatoms. The average Bonchev–Trinajstić information content (AvgIpc) is 2.75. The number of aliphatic hydroxyl groups excluding tert-OH is 1. The Morgan fingerprint density at radius 3 is 1.72 bits per heavy atom. The number of benzene rings is 3. The molecule has 0 aliphatic rings. The molecule has 0 bridgehead atoms. The Bertz CT molecular complexity index is 1170. The molecule has 3 rings (SSSR count). The highest BCUT2D eigenvalue weighted by Gasteiger charge is 2.26. The van der Waals surface area contributed by atoms with Crippen molar-refractivity contribution in [3.8, 4) is 0 Å². The van der Waals surface area contributed by atoms with E-state index in [1.807, 2.05) is 13.8 Å². The maximum absolute atomic E-state index is 12.9. The van der Waals surface area contributed by atoms with Gasteiger partial charge >= 0.3 is 11.9 Å². The molecule has 0 heterocycles. The number of nitrogens with one attached hydrogen (secondary N) is 2. The number of rotatable bonds is 7. The summed E-state index contributed by atoms with van der Waals surface area (Å²) in [7, 11) is 0. The standard InChI is InChI=1S/C24H22N2O6/c1-13-3-7-15(8-4-13)25-21(27)17-11-18(20(24(31)32)12-19(17)23(29)30)22(28)26-16-9-5-14(2)6-10-16/h3-12,21,25,27H,1-2H3,(H,26,28)(H,29,30)(H,31,32). The second-order valence-corrected chi connectivity index (χ2v) is 7.33. The van der Waals surface area contributed by atoms with Crippen LogP contribution in [-0.2, 0) is 0 Å². The summed E-state index contributed by atoms with van der Waals surface area (Å²) >= 11 is 0. The molecule has 1 amide bonds. The van der Waals surface area contributed by atoms with Crippen LogP contribution in [0.4, 0.5) is 11.4 Å². The molecule has 3 aromatic carbocycles. The van der Waals surface area contributed by atoms with Gasteiger partial charge in [-0.1, -0.05) is 35.4 Å². The number of hydrogen-bond acceptors (Lipinski definition) is 5. The third-order valence-corrected chi connectivity index (χ3v) is 4.85. The summed E-state index contributed by atoms with van der Waals surface area (Å²) in [5, 5.41) is 35.2. The highest BCUT2D eigenvalue weighted by atomic mass is 16.4. The SMILES string of the molecule is Cc1ccc(NC(=O)c2cc(C(O)Nc3ccc(C)cc3)c(C(=O)O)cc2C(=O)O)cc1. The maximum atomic E-state index is 12.9. The minimum atomic E-state index is -1.50. The molecule has 0 saturated heterocycles. The van der Waals surface area contributed by atoms with Gasteiger partial charge in [0.1, 0.15) is 0 Å². The molecular weight excluding hydrogens is 412 g/mol. The predicted octanol–water partition coefficient (Wildman–Crippen LogP) is 4.06. The highest BCUT2D eigenvalue weighted by molar-refractivity contribution is 6.12. The van der Waals surface area contributed by atoms with E-state index in [4.69, 9.17) is 0 Å². The minimum Gasteiger partial charge on any atom is -0.478 e. The smallest absolute Gasteiger partial charge is 0.336 e. The second-order valence-electron chi connectivity index (χ2n) is 7.33. The summed E-state index contributed by atoms with van der Waals surface area (Å²) in [6.07, 6.45) is -1.50. The van der Waals surface area contributed by atoms with E-state index in [-0.39, 0.29) is 11.1 Å². The fraction of sp³-hybridized carbons (Fsp3) is 0.125. The van der Waals surface area contributed by atoms with E-state index in [1.165, 1.54) is 0 Å². The molecule has 32 heavy (non-hydrogen) atoms. The summed E-state index contributed by atoms with van der Waals surface area (Å²) in [5.74, 6) is -3.64. The normalized spacial score (nSPS) is 11.5. The number of carbonyl (C=O) groups is 3. The third kappa shape index (κ3) is 5.11. The molecule has 0 aromatic heterocycles. The van der Waals surface area contributed by atoms with Crippen molar-refractivity contribution in [2.45, 2.75) is 20.1 Å². The number of anilines is 2. The molecule has 1 atom stereocenters. The molecule has 0 aliphatic carbocycles. The van der Waals surface area contributed by atoms with Crippen LogP contribution in [0.2, 0.25) is 0 Å². The molecule has 0 fully saturated rings. The lowest BCUT2D eigenvalue weighted by molar-refractivity contribution is 0.0689. The molecule has 5 N–H and O–H groups in total. The van der Waals surface area contributed by atoms with Gasteiger partial charge in [-0.2, -0.15) is 0 Å². The van der Waals surface area contributed by atoms with Crippen molar-refractivity contribution in [3.63, 3.8) is 0 Å². The van der Waals surface area contributed by atoms with Crippen molar-refractivity contribution >= 4 is 29.2 Å². The average molecular weight is 434 g/mol. The fourth-order valence-corrected chi connectivity index (χ4v) is 3.11. The summed E-state index contributed by atoms with van der Waals surface area (Å²) in [6.45, 7) is 3.78. The van der Waals surface area contributed by atoms with E-state index in [2.05, 4.69) is 10.6 Å². The zero-order valence-electron chi connectivity index (χ0n) is 17.4. The molecule has 164 valence electrons. The number of carbonyl (C=O) groups excluding carboxylic acids is 1. The second kappa shape index (κ2) is 9.32. The van der Waals surface area contributed by atoms with Gasteiger partial charge in [0.25, 0.3) is 5.91 Å². The van der Waals surface area contributed by atoms with Crippen molar-refractivity contribution in [2.75, 3.05) is 10.6 Å². The highest BCUT2D eigenvalue weighted by Crippen LogP contribution is 2.26. The van der Waals surface area contributed by atoms with E-state index in [0.717, 1.165) is 23.3 Å². The topological polar surface area (TPSA) is 136 Å². The van der Waals surface area contributed by atoms with Gasteiger partial charge in [0.2, 0.25) is 0 Å². The van der Waals surface area contributed by atoms with Crippen LogP contribution in [0.1, 0.15) is 54.0 Å². The van der Waals surface area contributed by atoms with Crippen LogP contribution in [0.15, 0.2) is 60.7 Å². The zero-order valence-corrected chi connectivity index (χ0v) is 17.4. The predicted molar refractivity (Wildman–Crippen MR) is 119 cm³/mol. The summed E-state index contributed by atoms with van der Waals surface area (Å²) in [5.41, 5.74) is 1.61. The van der Waals surface area contributed by atoms with E-state index in [9.17, 15) is 29.7 Å². The molecule has 1 unspecified atom stereocenters. The van der Waals surface area contributed by atoms with Crippen LogP contribution >= 0.6 is 0 Å². The quantitative estimate of drug-likeness (QED) is 0.354. The minimum absolute atomic E-state index is 0.142. The largest absolute Gasteiger partial charge is 0.478 e. The fourth-order valence-electron chi connectivity index (χ4n) is 3.11. The first-order valence-electron chi connectivity index (χ1n) is 9.69. The van der Waals surface area contributed by atoms with Gasteiger partial charge in [0.05, 0.1) is 16.7 Å². The Hall–Kier alpha value is -4.17. The van der Waals surface area contributed by atoms with Gasteiger partial charge in [0.15, 0.2) is 6.23 Å². The number of carboxylic acid groups (broad SMARTS) is 2. The van der Waals surface area contributed by atoms with E-state index < -0.39 is 35.2 Å². The first kappa shape index (κ1) is 22.5. The summed E-state index contributed by atoms with van der Waals surface area (Å²) in [6, 6.07) is 15.9. The Kier molecular flexibility index (Phi) is 6.56. The molecule has 0 radical (unpaired) electrons. The van der Waals surface area contributed by atoms with Crippen molar-refractivity contribution < 1.29 is 29.7 Å². The van der Waals surface area contributed by atoms with E-state index >= 15 is 0 Å². The maximum Gasteiger partial charge on any atom is 0.336 e. The van der Waals surface area contributed by atoms with Crippen LogP contribution in [0.25, 0.3) is 0 Å². The van der Waals surface area contributed by atoms with Crippen molar-refractivity contribution in [2.24, 2.45) is 0 Å². The Labute approximate surface area is 184 Å². The van der Waals surface area contributed by atoms with Gasteiger partial charge in [-0.25, -0.2) is 9.59 Å². The molecular formula is C24H22N2O6. The Morgan fingerprint density at radius 2 is 1.22 bits per heavy atom. The molecule has 0 aliphatic heterocycles. The zero-order chi connectivity index (χ0) is 23.4. The number of aliphatic hydroxyl groups is 1. The van der Waals surface area contributed by atoms with Crippen LogP contribution in [-0.4, -0.2) is 33.2 Å². The first-order chi connectivity index (χ1) is 15.2. The van der Waals surface area contributed by atoms with Gasteiger partial charge in [0, 0.05) is 16.9 Å². The van der Waals surface area contributed by atoms with Crippen LogP contribution in [0.3, 0.4) is 0 Å². The van der Waals surface area contributed by atoms with Gasteiger partial charge in [-0.05, 0) is 50.2 Å².